The number of amides is 1. The lowest BCUT2D eigenvalue weighted by Gasteiger charge is -2.57. The van der Waals surface area contributed by atoms with Gasteiger partial charge in [0.25, 0.3) is 0 Å². The molecule has 138 valence electrons. The second kappa shape index (κ2) is 6.92. The topological polar surface area (TPSA) is 80.5 Å². The first-order valence-corrected chi connectivity index (χ1v) is 9.31. The summed E-state index contributed by atoms with van der Waals surface area (Å²) >= 11 is 0. The number of aromatic nitrogens is 1. The summed E-state index contributed by atoms with van der Waals surface area (Å²) in [7, 11) is 0. The number of nitrogens with zero attached hydrogens (tertiary/aromatic N) is 2. The van der Waals surface area contributed by atoms with E-state index < -0.39 is 11.0 Å². The van der Waals surface area contributed by atoms with Crippen molar-refractivity contribution in [2.45, 2.75) is 58.1 Å². The van der Waals surface area contributed by atoms with Crippen molar-refractivity contribution in [2.75, 3.05) is 29.9 Å². The van der Waals surface area contributed by atoms with Crippen LogP contribution in [0.3, 0.4) is 0 Å². The minimum Gasteiger partial charge on any atom is -0.378 e. The van der Waals surface area contributed by atoms with E-state index in [0.29, 0.717) is 18.7 Å². The van der Waals surface area contributed by atoms with Crippen molar-refractivity contribution in [3.05, 3.63) is 18.3 Å². The van der Waals surface area contributed by atoms with E-state index in [1.807, 2.05) is 32.9 Å². The Morgan fingerprint density at radius 1 is 1.36 bits per heavy atom. The van der Waals surface area contributed by atoms with Crippen LogP contribution >= 0.6 is 0 Å². The highest BCUT2D eigenvalue weighted by molar-refractivity contribution is 5.99. The number of anilines is 2. The number of piperidine rings is 1. The van der Waals surface area contributed by atoms with Crippen LogP contribution < -0.4 is 16.0 Å². The summed E-state index contributed by atoms with van der Waals surface area (Å²) in [6, 6.07) is 3.88. The van der Waals surface area contributed by atoms with Crippen molar-refractivity contribution >= 4 is 17.4 Å². The Morgan fingerprint density at radius 3 is 2.64 bits per heavy atom. The van der Waals surface area contributed by atoms with E-state index >= 15 is 0 Å². The summed E-state index contributed by atoms with van der Waals surface area (Å²) in [6.45, 7) is 8.69. The van der Waals surface area contributed by atoms with E-state index in [-0.39, 0.29) is 12.0 Å². The molecular formula is C19H30N4O2. The zero-order valence-electron chi connectivity index (χ0n) is 15.5. The highest BCUT2D eigenvalue weighted by Gasteiger charge is 2.62. The molecule has 1 aromatic heterocycles. The van der Waals surface area contributed by atoms with Crippen LogP contribution in [0, 0.1) is 5.41 Å². The molecular weight excluding hydrogens is 316 g/mol. The van der Waals surface area contributed by atoms with E-state index in [1.54, 1.807) is 6.20 Å². The average molecular weight is 346 g/mol. The molecule has 25 heavy (non-hydrogen) atoms. The van der Waals surface area contributed by atoms with Gasteiger partial charge in [-0.05, 0) is 38.3 Å². The van der Waals surface area contributed by atoms with Gasteiger partial charge in [-0.3, -0.25) is 4.79 Å². The maximum absolute atomic E-state index is 12.7. The van der Waals surface area contributed by atoms with Gasteiger partial charge in [0.1, 0.15) is 11.4 Å². The molecule has 3 N–H and O–H groups in total. The molecule has 0 aromatic carbocycles. The number of hydrogen-bond donors (Lipinski definition) is 2. The van der Waals surface area contributed by atoms with E-state index in [4.69, 9.17) is 10.5 Å². The molecule has 1 saturated carbocycles. The number of carbonyl (C=O) groups excluding carboxylic acids is 1. The lowest BCUT2D eigenvalue weighted by Crippen LogP contribution is -2.74. The minimum atomic E-state index is -0.918. The number of pyridine rings is 1. The van der Waals surface area contributed by atoms with Crippen LogP contribution in [0.25, 0.3) is 0 Å². The molecule has 1 aromatic rings. The van der Waals surface area contributed by atoms with Gasteiger partial charge in [-0.2, -0.15) is 0 Å². The van der Waals surface area contributed by atoms with Crippen LogP contribution in [0.4, 0.5) is 11.5 Å². The normalized spacial score (nSPS) is 28.3. The average Bonchev–Trinajstić information content (AvgIpc) is 2.62. The summed E-state index contributed by atoms with van der Waals surface area (Å²) in [5.41, 5.74) is 5.79. The fourth-order valence-electron chi connectivity index (χ4n) is 3.83. The maximum Gasteiger partial charge on any atom is 0.245 e. The molecule has 2 aliphatic rings. The fraction of sp³-hybridized carbons (Fsp3) is 0.684. The molecule has 0 spiro atoms. The molecule has 2 heterocycles. The first kappa shape index (κ1) is 18.1. The monoisotopic (exact) mass is 346 g/mol. The molecule has 6 nitrogen and oxygen atoms in total. The van der Waals surface area contributed by atoms with Crippen LogP contribution in [-0.4, -0.2) is 42.2 Å². The lowest BCUT2D eigenvalue weighted by atomic mass is 9.54. The van der Waals surface area contributed by atoms with Crippen molar-refractivity contribution in [3.8, 4) is 0 Å². The van der Waals surface area contributed by atoms with Crippen LogP contribution in [0.5, 0.6) is 0 Å². The second-order valence-corrected chi connectivity index (χ2v) is 7.75. The quantitative estimate of drug-likeness (QED) is 0.856. The van der Waals surface area contributed by atoms with Gasteiger partial charge in [-0.1, -0.05) is 13.8 Å². The van der Waals surface area contributed by atoms with E-state index in [1.165, 1.54) is 19.3 Å². The molecule has 1 aliphatic heterocycles. The van der Waals surface area contributed by atoms with Gasteiger partial charge in [0.15, 0.2) is 0 Å². The van der Waals surface area contributed by atoms with Gasteiger partial charge in [0, 0.05) is 31.5 Å². The van der Waals surface area contributed by atoms with Gasteiger partial charge in [0.05, 0.1) is 18.0 Å². The van der Waals surface area contributed by atoms with Crippen LogP contribution in [0.2, 0.25) is 0 Å². The molecule has 1 aliphatic carbocycles. The Kier molecular flexibility index (Phi) is 5.02. The van der Waals surface area contributed by atoms with Crippen LogP contribution in [-0.2, 0) is 9.53 Å². The third-order valence-electron chi connectivity index (χ3n) is 5.92. The van der Waals surface area contributed by atoms with Gasteiger partial charge in [-0.25, -0.2) is 4.98 Å². The number of carbonyl (C=O) groups is 1. The molecule has 1 saturated heterocycles. The standard InChI is InChI=1S/C19H30N4O2/c1-4-25-15-12-19(20,18(15,2)3)17(24)22-14-8-9-16(21-13-14)23-10-6-5-7-11-23/h8-9,13,15H,4-7,10-12,20H2,1-3H3,(H,22,24). The van der Waals surface area contributed by atoms with Gasteiger partial charge in [0.2, 0.25) is 5.91 Å². The smallest absolute Gasteiger partial charge is 0.245 e. The van der Waals surface area contributed by atoms with Gasteiger partial charge < -0.3 is 20.7 Å². The second-order valence-electron chi connectivity index (χ2n) is 7.75. The van der Waals surface area contributed by atoms with Gasteiger partial charge >= 0.3 is 0 Å². The molecule has 1 amide bonds. The molecule has 0 bridgehead atoms. The summed E-state index contributed by atoms with van der Waals surface area (Å²) in [4.78, 5) is 19.5. The fourth-order valence-corrected chi connectivity index (χ4v) is 3.83. The van der Waals surface area contributed by atoms with Crippen LogP contribution in [0.15, 0.2) is 18.3 Å². The Bertz CT molecular complexity index is 610. The largest absolute Gasteiger partial charge is 0.378 e. The molecule has 0 radical (unpaired) electrons. The first-order chi connectivity index (χ1) is 11.9. The zero-order chi connectivity index (χ0) is 18.1. The van der Waals surface area contributed by atoms with Crippen molar-refractivity contribution in [3.63, 3.8) is 0 Å². The maximum atomic E-state index is 12.7. The third-order valence-corrected chi connectivity index (χ3v) is 5.92. The van der Waals surface area contributed by atoms with E-state index in [9.17, 15) is 4.79 Å². The Morgan fingerprint density at radius 2 is 2.08 bits per heavy atom. The SMILES string of the molecule is CCOC1CC(N)(C(=O)Nc2ccc(N3CCCCC3)nc2)C1(C)C. The third kappa shape index (κ3) is 3.25. The molecule has 2 atom stereocenters. The van der Waals surface area contributed by atoms with Crippen molar-refractivity contribution in [1.29, 1.82) is 0 Å². The summed E-state index contributed by atoms with van der Waals surface area (Å²) in [5, 5.41) is 2.93. The number of nitrogens with two attached hydrogens (primary N) is 1. The Balaban J connectivity index is 1.63. The Hall–Kier alpha value is -1.66. The zero-order valence-corrected chi connectivity index (χ0v) is 15.5. The highest BCUT2D eigenvalue weighted by atomic mass is 16.5. The summed E-state index contributed by atoms with van der Waals surface area (Å²) < 4.78 is 5.69. The number of hydrogen-bond acceptors (Lipinski definition) is 5. The molecule has 2 fully saturated rings. The van der Waals surface area contributed by atoms with E-state index in [2.05, 4.69) is 15.2 Å². The summed E-state index contributed by atoms with van der Waals surface area (Å²) in [6.07, 6.45) is 6.00. The lowest BCUT2D eigenvalue weighted by molar-refractivity contribution is -0.166. The first-order valence-electron chi connectivity index (χ1n) is 9.31. The Labute approximate surface area is 150 Å². The van der Waals surface area contributed by atoms with Crippen molar-refractivity contribution < 1.29 is 9.53 Å². The number of nitrogens with one attached hydrogen (secondary N) is 1. The van der Waals surface area contributed by atoms with Gasteiger partial charge in [-0.15, -0.1) is 0 Å². The predicted molar refractivity (Wildman–Crippen MR) is 99.7 cm³/mol. The molecule has 3 rings (SSSR count). The van der Waals surface area contributed by atoms with E-state index in [0.717, 1.165) is 18.9 Å². The highest BCUT2D eigenvalue weighted by Crippen LogP contribution is 2.50. The van der Waals surface area contributed by atoms with Crippen molar-refractivity contribution in [2.24, 2.45) is 11.1 Å². The number of rotatable bonds is 5. The molecule has 2 unspecified atom stereocenters. The predicted octanol–water partition coefficient (Wildman–Crippen LogP) is 2.54. The number of ether oxygens (including phenoxy) is 1. The van der Waals surface area contributed by atoms with Crippen molar-refractivity contribution in [1.82, 2.24) is 4.98 Å². The minimum absolute atomic E-state index is 0.0212. The molecule has 6 heteroatoms. The van der Waals surface area contributed by atoms with Crippen LogP contribution in [0.1, 0.15) is 46.5 Å². The summed E-state index contributed by atoms with van der Waals surface area (Å²) in [5.74, 6) is 0.807.